The molecule has 20 heavy (non-hydrogen) atoms. The number of nitrogens with one attached hydrogen (secondary N) is 1. The quantitative estimate of drug-likeness (QED) is 0.845. The van der Waals surface area contributed by atoms with Gasteiger partial charge in [0.1, 0.15) is 11.5 Å². The van der Waals surface area contributed by atoms with E-state index in [-0.39, 0.29) is 5.91 Å². The summed E-state index contributed by atoms with van der Waals surface area (Å²) >= 11 is 3.39. The summed E-state index contributed by atoms with van der Waals surface area (Å²) in [5, 5.41) is 2.88. The lowest BCUT2D eigenvalue weighted by atomic mass is 9.99. The molecule has 5 heteroatoms. The van der Waals surface area contributed by atoms with Crippen LogP contribution in [0.5, 0.6) is 0 Å². The molecule has 1 amide bonds. The van der Waals surface area contributed by atoms with Gasteiger partial charge in [0.15, 0.2) is 0 Å². The Hall–Kier alpha value is -1.46. The lowest BCUT2D eigenvalue weighted by molar-refractivity contribution is -0.115. The fraction of sp³-hybridized carbons (Fsp3) is 0.333. The van der Waals surface area contributed by atoms with E-state index in [9.17, 15) is 4.79 Å². The van der Waals surface area contributed by atoms with E-state index in [0.717, 1.165) is 41.9 Å². The highest BCUT2D eigenvalue weighted by molar-refractivity contribution is 9.10. The van der Waals surface area contributed by atoms with E-state index in [2.05, 4.69) is 26.2 Å². The number of amides is 1. The van der Waals surface area contributed by atoms with Gasteiger partial charge in [-0.1, -0.05) is 28.1 Å². The van der Waals surface area contributed by atoms with Gasteiger partial charge in [-0.25, -0.2) is 4.99 Å². The molecule has 0 unspecified atom stereocenters. The Morgan fingerprint density at radius 2 is 1.95 bits per heavy atom. The summed E-state index contributed by atoms with van der Waals surface area (Å²) in [6, 6.07) is 7.79. The van der Waals surface area contributed by atoms with Crippen molar-refractivity contribution in [1.29, 1.82) is 0 Å². The van der Waals surface area contributed by atoms with E-state index >= 15 is 0 Å². The molecule has 0 saturated carbocycles. The molecule has 4 nitrogen and oxygen atoms in total. The van der Waals surface area contributed by atoms with Crippen LogP contribution >= 0.6 is 15.9 Å². The van der Waals surface area contributed by atoms with Gasteiger partial charge < -0.3 is 10.1 Å². The Balaban J connectivity index is 1.80. The van der Waals surface area contributed by atoms with E-state index in [4.69, 9.17) is 4.74 Å². The predicted octanol–water partition coefficient (Wildman–Crippen LogP) is 2.74. The summed E-state index contributed by atoms with van der Waals surface area (Å²) in [7, 11) is 0. The molecule has 0 aliphatic carbocycles. The molecule has 0 atom stereocenters. The first kappa shape index (κ1) is 13.5. The molecule has 2 aliphatic heterocycles. The van der Waals surface area contributed by atoms with Gasteiger partial charge in [0.25, 0.3) is 5.91 Å². The molecular formula is C15H15BrN2O2. The summed E-state index contributed by atoms with van der Waals surface area (Å²) in [6.07, 6.45) is 3.66. The maximum absolute atomic E-state index is 12.0. The van der Waals surface area contributed by atoms with E-state index in [1.807, 2.05) is 30.3 Å². The average molecular weight is 335 g/mol. The number of carbonyl (C=O) groups excluding carboxylic acids is 1. The maximum Gasteiger partial charge on any atom is 0.275 e. The second-order valence-corrected chi connectivity index (χ2v) is 5.83. The number of hydrogen-bond acceptors (Lipinski definition) is 3. The third-order valence-corrected chi connectivity index (χ3v) is 4.03. The molecule has 1 fully saturated rings. The van der Waals surface area contributed by atoms with Gasteiger partial charge >= 0.3 is 0 Å². The molecule has 0 bridgehead atoms. The Morgan fingerprint density at radius 1 is 1.25 bits per heavy atom. The van der Waals surface area contributed by atoms with Crippen LogP contribution in [0.2, 0.25) is 0 Å². The largest absolute Gasteiger partial charge is 0.381 e. The first-order valence-corrected chi connectivity index (χ1v) is 7.46. The predicted molar refractivity (Wildman–Crippen MR) is 81.2 cm³/mol. The summed E-state index contributed by atoms with van der Waals surface area (Å²) in [5.41, 5.74) is 1.45. The molecular weight excluding hydrogens is 320 g/mol. The Morgan fingerprint density at radius 3 is 2.65 bits per heavy atom. The smallest absolute Gasteiger partial charge is 0.275 e. The number of rotatable bonds is 2. The molecule has 1 aromatic rings. The van der Waals surface area contributed by atoms with Gasteiger partial charge in [0.05, 0.1) is 0 Å². The lowest BCUT2D eigenvalue weighted by Crippen LogP contribution is -2.33. The van der Waals surface area contributed by atoms with Crippen LogP contribution in [0.3, 0.4) is 0 Å². The van der Waals surface area contributed by atoms with E-state index < -0.39 is 0 Å². The Kier molecular flexibility index (Phi) is 3.98. The van der Waals surface area contributed by atoms with E-state index in [1.54, 1.807) is 0 Å². The number of nitrogens with zero attached hydrogens (tertiary/aromatic N) is 1. The summed E-state index contributed by atoms with van der Waals surface area (Å²) in [6.45, 7) is 1.48. The monoisotopic (exact) mass is 334 g/mol. The van der Waals surface area contributed by atoms with Gasteiger partial charge in [-0.05, 0) is 36.6 Å². The fourth-order valence-corrected chi connectivity index (χ4v) is 2.63. The Bertz CT molecular complexity index is 572. The zero-order valence-electron chi connectivity index (χ0n) is 10.9. The molecule has 104 valence electrons. The van der Waals surface area contributed by atoms with Gasteiger partial charge in [0.2, 0.25) is 0 Å². The van der Waals surface area contributed by atoms with E-state index in [0.29, 0.717) is 11.6 Å². The van der Waals surface area contributed by atoms with Crippen LogP contribution in [-0.4, -0.2) is 25.0 Å². The molecule has 1 aromatic carbocycles. The summed E-state index contributed by atoms with van der Waals surface area (Å²) in [4.78, 5) is 16.4. The standard InChI is InChI=1S/C15H15BrN2O2/c16-12-3-1-10(2-4-12)9-13-15(19)18-14(17-13)11-5-7-20-8-6-11/h1-4,9,11H,5-8H2,(H,17,18,19)/b13-9+. The number of benzene rings is 1. The topological polar surface area (TPSA) is 50.7 Å². The van der Waals surface area contributed by atoms with Crippen LogP contribution in [0.15, 0.2) is 39.4 Å². The van der Waals surface area contributed by atoms with Crippen molar-refractivity contribution >= 4 is 33.7 Å². The molecule has 2 aliphatic rings. The van der Waals surface area contributed by atoms with Crippen molar-refractivity contribution in [2.45, 2.75) is 12.8 Å². The van der Waals surface area contributed by atoms with E-state index in [1.165, 1.54) is 0 Å². The van der Waals surface area contributed by atoms with Gasteiger partial charge in [-0.3, -0.25) is 4.79 Å². The van der Waals surface area contributed by atoms with Gasteiger partial charge in [0, 0.05) is 23.6 Å². The second kappa shape index (κ2) is 5.89. The van der Waals surface area contributed by atoms with Crippen molar-refractivity contribution in [3.8, 4) is 0 Å². The number of hydrogen-bond donors (Lipinski definition) is 1. The maximum atomic E-state index is 12.0. The Labute approximate surface area is 126 Å². The minimum Gasteiger partial charge on any atom is -0.381 e. The number of ether oxygens (including phenoxy) is 1. The molecule has 0 aromatic heterocycles. The SMILES string of the molecule is O=C1NC(C2CCOCC2)=N/C1=C/c1ccc(Br)cc1. The van der Waals surface area contributed by atoms with Gasteiger partial charge in [-0.2, -0.15) is 0 Å². The second-order valence-electron chi connectivity index (χ2n) is 4.92. The molecule has 0 spiro atoms. The van der Waals surface area contributed by atoms with Crippen LogP contribution in [0.1, 0.15) is 18.4 Å². The molecule has 1 saturated heterocycles. The number of halogens is 1. The van der Waals surface area contributed by atoms with Crippen molar-refractivity contribution in [3.63, 3.8) is 0 Å². The van der Waals surface area contributed by atoms with Gasteiger partial charge in [-0.15, -0.1) is 0 Å². The lowest BCUT2D eigenvalue weighted by Gasteiger charge is -2.21. The highest BCUT2D eigenvalue weighted by atomic mass is 79.9. The van der Waals surface area contributed by atoms with Crippen molar-refractivity contribution in [2.75, 3.05) is 13.2 Å². The molecule has 3 rings (SSSR count). The summed E-state index contributed by atoms with van der Waals surface area (Å²) in [5.74, 6) is 0.986. The first-order valence-electron chi connectivity index (χ1n) is 6.67. The average Bonchev–Trinajstić information content (AvgIpc) is 2.84. The molecule has 0 radical (unpaired) electrons. The normalized spacial score (nSPS) is 21.9. The third-order valence-electron chi connectivity index (χ3n) is 3.50. The summed E-state index contributed by atoms with van der Waals surface area (Å²) < 4.78 is 6.35. The zero-order valence-corrected chi connectivity index (χ0v) is 12.5. The fourth-order valence-electron chi connectivity index (χ4n) is 2.37. The van der Waals surface area contributed by atoms with Crippen molar-refractivity contribution in [3.05, 3.63) is 40.0 Å². The first-order chi connectivity index (χ1) is 9.72. The van der Waals surface area contributed by atoms with Crippen molar-refractivity contribution in [1.82, 2.24) is 5.32 Å². The van der Waals surface area contributed by atoms with Crippen LogP contribution in [0, 0.1) is 5.92 Å². The molecule has 2 heterocycles. The van der Waals surface area contributed by atoms with Crippen LogP contribution in [0.4, 0.5) is 0 Å². The number of carbonyl (C=O) groups is 1. The zero-order chi connectivity index (χ0) is 13.9. The number of amidine groups is 1. The highest BCUT2D eigenvalue weighted by Gasteiger charge is 2.27. The van der Waals surface area contributed by atoms with Crippen molar-refractivity contribution < 1.29 is 9.53 Å². The van der Waals surface area contributed by atoms with Crippen LogP contribution < -0.4 is 5.32 Å². The van der Waals surface area contributed by atoms with Crippen LogP contribution in [0.25, 0.3) is 6.08 Å². The minimum absolute atomic E-state index is 0.116. The number of aliphatic imine (C=N–C) groups is 1. The highest BCUT2D eigenvalue weighted by Crippen LogP contribution is 2.21. The minimum atomic E-state index is -0.116. The molecule has 1 N–H and O–H groups in total. The van der Waals surface area contributed by atoms with Crippen LogP contribution in [-0.2, 0) is 9.53 Å². The third kappa shape index (κ3) is 2.99. The van der Waals surface area contributed by atoms with Crippen molar-refractivity contribution in [2.24, 2.45) is 10.9 Å².